The third kappa shape index (κ3) is 2.66. The summed E-state index contributed by atoms with van der Waals surface area (Å²) in [5.74, 6) is 1.85. The molecule has 0 aromatic carbocycles. The van der Waals surface area contributed by atoms with E-state index in [9.17, 15) is 0 Å². The lowest BCUT2D eigenvalue weighted by Gasteiger charge is -2.29. The number of nitrogens with one attached hydrogen (secondary N) is 1. The van der Waals surface area contributed by atoms with Crippen LogP contribution in [-0.2, 0) is 12.8 Å². The van der Waals surface area contributed by atoms with Crippen molar-refractivity contribution in [1.82, 2.24) is 9.88 Å². The number of hydrogen-bond acceptors (Lipinski definition) is 3. The van der Waals surface area contributed by atoms with Crippen molar-refractivity contribution < 1.29 is 0 Å². The van der Waals surface area contributed by atoms with Gasteiger partial charge in [0.25, 0.3) is 0 Å². The number of pyridine rings is 1. The van der Waals surface area contributed by atoms with Crippen LogP contribution < -0.4 is 5.32 Å². The van der Waals surface area contributed by atoms with Crippen LogP contribution in [0.15, 0.2) is 12.1 Å². The summed E-state index contributed by atoms with van der Waals surface area (Å²) in [7, 11) is 2.22. The zero-order chi connectivity index (χ0) is 12.4. The van der Waals surface area contributed by atoms with Gasteiger partial charge in [-0.05, 0) is 63.2 Å². The first-order valence-electron chi connectivity index (χ1n) is 7.22. The van der Waals surface area contributed by atoms with Crippen molar-refractivity contribution in [2.45, 2.75) is 32.1 Å². The molecular weight excluding hydrogens is 222 g/mol. The number of fused-ring (bicyclic) bond motifs is 1. The molecule has 0 bridgehead atoms. The molecule has 1 atom stereocenters. The Kier molecular flexibility index (Phi) is 3.50. The van der Waals surface area contributed by atoms with Gasteiger partial charge in [0.05, 0.1) is 0 Å². The Balaban J connectivity index is 1.56. The smallest absolute Gasteiger partial charge is 0.126 e. The van der Waals surface area contributed by atoms with E-state index in [-0.39, 0.29) is 0 Å². The summed E-state index contributed by atoms with van der Waals surface area (Å²) in [5, 5.41) is 3.53. The minimum absolute atomic E-state index is 0.777. The Morgan fingerprint density at radius 3 is 3.17 bits per heavy atom. The van der Waals surface area contributed by atoms with Gasteiger partial charge in [-0.3, -0.25) is 0 Å². The summed E-state index contributed by atoms with van der Waals surface area (Å²) in [6, 6.07) is 4.40. The van der Waals surface area contributed by atoms with Crippen molar-refractivity contribution in [2.24, 2.45) is 5.92 Å². The van der Waals surface area contributed by atoms with Gasteiger partial charge in [0.2, 0.25) is 0 Å². The first-order chi connectivity index (χ1) is 8.81. The van der Waals surface area contributed by atoms with Crippen molar-refractivity contribution in [2.75, 3.05) is 32.0 Å². The van der Waals surface area contributed by atoms with Crippen LogP contribution in [0.5, 0.6) is 0 Å². The van der Waals surface area contributed by atoms with E-state index in [1.165, 1.54) is 50.0 Å². The molecule has 2 aliphatic rings. The molecule has 1 aromatic rings. The minimum Gasteiger partial charge on any atom is -0.370 e. The van der Waals surface area contributed by atoms with E-state index in [4.69, 9.17) is 4.98 Å². The van der Waals surface area contributed by atoms with E-state index >= 15 is 0 Å². The highest BCUT2D eigenvalue weighted by molar-refractivity contribution is 5.40. The van der Waals surface area contributed by atoms with Gasteiger partial charge in [0, 0.05) is 18.8 Å². The average Bonchev–Trinajstić information content (AvgIpc) is 2.84. The molecule has 1 fully saturated rings. The number of hydrogen-bond donors (Lipinski definition) is 1. The second-order valence-electron chi connectivity index (χ2n) is 5.81. The molecule has 0 saturated carbocycles. The average molecular weight is 245 g/mol. The van der Waals surface area contributed by atoms with Gasteiger partial charge >= 0.3 is 0 Å². The summed E-state index contributed by atoms with van der Waals surface area (Å²) in [6.45, 7) is 3.54. The molecule has 0 radical (unpaired) electrons. The zero-order valence-electron chi connectivity index (χ0n) is 11.3. The van der Waals surface area contributed by atoms with Gasteiger partial charge in [0.15, 0.2) is 0 Å². The number of anilines is 1. The molecule has 1 unspecified atom stereocenters. The molecule has 3 heteroatoms. The normalized spacial score (nSPS) is 23.9. The summed E-state index contributed by atoms with van der Waals surface area (Å²) in [6.07, 6.45) is 6.34. The molecule has 1 aliphatic heterocycles. The second kappa shape index (κ2) is 5.27. The van der Waals surface area contributed by atoms with Crippen LogP contribution in [0.2, 0.25) is 0 Å². The van der Waals surface area contributed by atoms with Gasteiger partial charge in [-0.2, -0.15) is 0 Å². The van der Waals surface area contributed by atoms with Gasteiger partial charge in [-0.25, -0.2) is 4.98 Å². The Hall–Kier alpha value is -1.09. The van der Waals surface area contributed by atoms with Crippen molar-refractivity contribution in [3.8, 4) is 0 Å². The number of aryl methyl sites for hydroxylation is 2. The highest BCUT2D eigenvalue weighted by Crippen LogP contribution is 2.22. The number of likely N-dealkylation sites (tertiary alicyclic amines) is 1. The number of piperidine rings is 1. The van der Waals surface area contributed by atoms with Crippen LogP contribution in [0.4, 0.5) is 5.82 Å². The molecular formula is C15H23N3. The topological polar surface area (TPSA) is 28.2 Å². The molecule has 2 heterocycles. The molecule has 1 N–H and O–H groups in total. The minimum atomic E-state index is 0.777. The van der Waals surface area contributed by atoms with E-state index in [2.05, 4.69) is 29.4 Å². The highest BCUT2D eigenvalue weighted by atomic mass is 15.1. The first-order valence-corrected chi connectivity index (χ1v) is 7.22. The van der Waals surface area contributed by atoms with E-state index < -0.39 is 0 Å². The van der Waals surface area contributed by atoms with Crippen LogP contribution in [0.25, 0.3) is 0 Å². The van der Waals surface area contributed by atoms with E-state index in [1.54, 1.807) is 0 Å². The fourth-order valence-electron chi connectivity index (χ4n) is 3.21. The third-order valence-electron chi connectivity index (χ3n) is 4.22. The van der Waals surface area contributed by atoms with E-state index in [0.717, 1.165) is 24.7 Å². The summed E-state index contributed by atoms with van der Waals surface area (Å²) in [5.41, 5.74) is 2.78. The molecule has 3 nitrogen and oxygen atoms in total. The van der Waals surface area contributed by atoms with Crippen LogP contribution in [-0.4, -0.2) is 36.6 Å². The maximum atomic E-state index is 4.73. The molecule has 98 valence electrons. The van der Waals surface area contributed by atoms with E-state index in [0.29, 0.717) is 0 Å². The molecule has 1 aliphatic carbocycles. The largest absolute Gasteiger partial charge is 0.370 e. The van der Waals surface area contributed by atoms with E-state index in [1.807, 2.05) is 0 Å². The number of nitrogens with zero attached hydrogens (tertiary/aromatic N) is 2. The van der Waals surface area contributed by atoms with Gasteiger partial charge in [0.1, 0.15) is 5.82 Å². The third-order valence-corrected chi connectivity index (χ3v) is 4.22. The fourth-order valence-corrected chi connectivity index (χ4v) is 3.21. The Morgan fingerprint density at radius 2 is 2.28 bits per heavy atom. The molecule has 18 heavy (non-hydrogen) atoms. The quantitative estimate of drug-likeness (QED) is 0.886. The Morgan fingerprint density at radius 1 is 1.33 bits per heavy atom. The van der Waals surface area contributed by atoms with Gasteiger partial charge in [-0.1, -0.05) is 6.07 Å². The maximum absolute atomic E-state index is 4.73. The summed E-state index contributed by atoms with van der Waals surface area (Å²) in [4.78, 5) is 7.17. The maximum Gasteiger partial charge on any atom is 0.126 e. The standard InChI is InChI=1S/C15H23N3/c1-18-9-3-4-12(11-18)10-16-15-8-7-13-5-2-6-14(13)17-15/h7-8,12H,2-6,9-11H2,1H3,(H,16,17). The molecule has 0 spiro atoms. The fraction of sp³-hybridized carbons (Fsp3) is 0.667. The van der Waals surface area contributed by atoms with Crippen LogP contribution in [0.1, 0.15) is 30.5 Å². The van der Waals surface area contributed by atoms with Gasteiger partial charge in [-0.15, -0.1) is 0 Å². The summed E-state index contributed by atoms with van der Waals surface area (Å²) < 4.78 is 0. The lowest BCUT2D eigenvalue weighted by Crippen LogP contribution is -2.35. The lowest BCUT2D eigenvalue weighted by atomic mass is 9.98. The molecule has 0 amide bonds. The number of rotatable bonds is 3. The predicted octanol–water partition coefficient (Wildman–Crippen LogP) is 2.32. The predicted molar refractivity (Wildman–Crippen MR) is 75.0 cm³/mol. The van der Waals surface area contributed by atoms with Gasteiger partial charge < -0.3 is 10.2 Å². The van der Waals surface area contributed by atoms with Crippen molar-refractivity contribution in [3.63, 3.8) is 0 Å². The highest BCUT2D eigenvalue weighted by Gasteiger charge is 2.17. The zero-order valence-corrected chi connectivity index (χ0v) is 11.3. The van der Waals surface area contributed by atoms with Crippen molar-refractivity contribution in [3.05, 3.63) is 23.4 Å². The van der Waals surface area contributed by atoms with Crippen LogP contribution in [0, 0.1) is 5.92 Å². The molecule has 1 aromatic heterocycles. The van der Waals surface area contributed by atoms with Crippen LogP contribution in [0.3, 0.4) is 0 Å². The van der Waals surface area contributed by atoms with Crippen molar-refractivity contribution >= 4 is 5.82 Å². The summed E-state index contributed by atoms with van der Waals surface area (Å²) >= 11 is 0. The SMILES string of the molecule is CN1CCCC(CNc2ccc3c(n2)CCC3)C1. The molecule has 3 rings (SSSR count). The Bertz CT molecular complexity index is 416. The van der Waals surface area contributed by atoms with Crippen LogP contribution >= 0.6 is 0 Å². The Labute approximate surface area is 110 Å². The monoisotopic (exact) mass is 245 g/mol. The molecule has 1 saturated heterocycles. The lowest BCUT2D eigenvalue weighted by molar-refractivity contribution is 0.217. The first kappa shape index (κ1) is 12.0. The van der Waals surface area contributed by atoms with Crippen molar-refractivity contribution in [1.29, 1.82) is 0 Å². The number of aromatic nitrogens is 1. The second-order valence-corrected chi connectivity index (χ2v) is 5.81.